The molecule has 4 nitrogen and oxygen atoms in total. The number of nitrogens with one attached hydrogen (secondary N) is 1. The second kappa shape index (κ2) is 5.12. The van der Waals surface area contributed by atoms with Crippen LogP contribution in [0.1, 0.15) is 6.92 Å². The molecule has 0 aromatic rings. The highest BCUT2D eigenvalue weighted by Gasteiger charge is 2.04. The van der Waals surface area contributed by atoms with Crippen LogP contribution in [0, 0.1) is 5.92 Å². The summed E-state index contributed by atoms with van der Waals surface area (Å²) < 4.78 is 0. The molecule has 0 saturated carbocycles. The van der Waals surface area contributed by atoms with Crippen molar-refractivity contribution in [1.29, 1.82) is 0 Å². The molecule has 0 heterocycles. The summed E-state index contributed by atoms with van der Waals surface area (Å²) in [5.74, 6) is -1.89. The Morgan fingerprint density at radius 2 is 2.17 bits per heavy atom. The molecular formula is C8H11NO3. The van der Waals surface area contributed by atoms with Crippen LogP contribution in [0.3, 0.4) is 0 Å². The standard InChI is InChI=1S/C8H11NO3/c1-3-7(10)9-5-4-6(2)8(11)12/h3-6H,1H2,2H3,(H,9,10)(H,11,12). The molecule has 0 aromatic heterocycles. The third kappa shape index (κ3) is 4.27. The largest absolute Gasteiger partial charge is 0.481 e. The number of carboxylic acids is 1. The van der Waals surface area contributed by atoms with E-state index < -0.39 is 11.9 Å². The monoisotopic (exact) mass is 169 g/mol. The van der Waals surface area contributed by atoms with Gasteiger partial charge in [0.2, 0.25) is 5.91 Å². The van der Waals surface area contributed by atoms with Crippen LogP contribution in [-0.2, 0) is 9.59 Å². The lowest BCUT2D eigenvalue weighted by molar-refractivity contribution is -0.139. The van der Waals surface area contributed by atoms with Gasteiger partial charge in [0.05, 0.1) is 5.92 Å². The first-order chi connectivity index (χ1) is 5.57. The van der Waals surface area contributed by atoms with Crippen LogP contribution in [0.25, 0.3) is 0 Å². The normalized spacial score (nSPS) is 12.4. The van der Waals surface area contributed by atoms with Crippen molar-refractivity contribution in [2.45, 2.75) is 6.92 Å². The van der Waals surface area contributed by atoms with Crippen LogP contribution in [0.4, 0.5) is 0 Å². The third-order valence-electron chi connectivity index (χ3n) is 1.19. The number of carbonyl (C=O) groups excluding carboxylic acids is 1. The molecule has 0 bridgehead atoms. The van der Waals surface area contributed by atoms with E-state index in [9.17, 15) is 9.59 Å². The fourth-order valence-corrected chi connectivity index (χ4v) is 0.416. The van der Waals surface area contributed by atoms with Gasteiger partial charge in [-0.1, -0.05) is 12.7 Å². The van der Waals surface area contributed by atoms with Gasteiger partial charge in [0, 0.05) is 6.20 Å². The highest BCUT2D eigenvalue weighted by molar-refractivity contribution is 5.87. The molecule has 0 spiro atoms. The van der Waals surface area contributed by atoms with Gasteiger partial charge in [-0.3, -0.25) is 9.59 Å². The van der Waals surface area contributed by atoms with E-state index in [1.54, 1.807) is 0 Å². The molecule has 12 heavy (non-hydrogen) atoms. The molecule has 0 saturated heterocycles. The lowest BCUT2D eigenvalue weighted by atomic mass is 10.2. The van der Waals surface area contributed by atoms with E-state index in [0.717, 1.165) is 6.08 Å². The quantitative estimate of drug-likeness (QED) is 0.603. The van der Waals surface area contributed by atoms with Gasteiger partial charge >= 0.3 is 5.97 Å². The summed E-state index contributed by atoms with van der Waals surface area (Å²) in [4.78, 5) is 20.8. The first-order valence-corrected chi connectivity index (χ1v) is 3.40. The van der Waals surface area contributed by atoms with Gasteiger partial charge < -0.3 is 10.4 Å². The molecule has 1 atom stereocenters. The molecule has 0 aliphatic carbocycles. The van der Waals surface area contributed by atoms with E-state index in [2.05, 4.69) is 11.9 Å². The Morgan fingerprint density at radius 1 is 1.58 bits per heavy atom. The molecule has 0 aliphatic heterocycles. The highest BCUT2D eigenvalue weighted by Crippen LogP contribution is 1.94. The van der Waals surface area contributed by atoms with Crippen molar-refractivity contribution < 1.29 is 14.7 Å². The van der Waals surface area contributed by atoms with Crippen molar-refractivity contribution in [3.63, 3.8) is 0 Å². The maximum absolute atomic E-state index is 10.5. The SMILES string of the molecule is C=CC(=O)NC=CC(C)C(=O)O. The molecule has 1 amide bonds. The number of aliphatic carboxylic acids is 1. The Labute approximate surface area is 70.6 Å². The maximum atomic E-state index is 10.5. The Balaban J connectivity index is 3.83. The Hall–Kier alpha value is -1.58. The molecule has 1 unspecified atom stereocenters. The highest BCUT2D eigenvalue weighted by atomic mass is 16.4. The number of rotatable bonds is 4. The fourth-order valence-electron chi connectivity index (χ4n) is 0.416. The van der Waals surface area contributed by atoms with Gasteiger partial charge in [-0.25, -0.2) is 0 Å². The van der Waals surface area contributed by atoms with E-state index in [4.69, 9.17) is 5.11 Å². The van der Waals surface area contributed by atoms with E-state index in [-0.39, 0.29) is 5.91 Å². The smallest absolute Gasteiger partial charge is 0.310 e. The van der Waals surface area contributed by atoms with Gasteiger partial charge in [-0.15, -0.1) is 0 Å². The van der Waals surface area contributed by atoms with Crippen molar-refractivity contribution in [2.24, 2.45) is 5.92 Å². The number of carbonyl (C=O) groups is 2. The maximum Gasteiger partial charge on any atom is 0.310 e. The van der Waals surface area contributed by atoms with Gasteiger partial charge in [0.25, 0.3) is 0 Å². The van der Waals surface area contributed by atoms with Crippen LogP contribution in [0.2, 0.25) is 0 Å². The summed E-state index contributed by atoms with van der Waals surface area (Å²) in [6.45, 7) is 4.74. The first-order valence-electron chi connectivity index (χ1n) is 3.40. The van der Waals surface area contributed by atoms with Crippen molar-refractivity contribution in [2.75, 3.05) is 0 Å². The molecule has 4 heteroatoms. The molecule has 0 aliphatic rings. The van der Waals surface area contributed by atoms with Crippen LogP contribution in [-0.4, -0.2) is 17.0 Å². The minimum atomic E-state index is -0.931. The molecule has 0 radical (unpaired) electrons. The summed E-state index contributed by atoms with van der Waals surface area (Å²) in [7, 11) is 0. The predicted octanol–water partition coefficient (Wildman–Crippen LogP) is 0.523. The second-order valence-corrected chi connectivity index (χ2v) is 2.20. The van der Waals surface area contributed by atoms with Crippen LogP contribution in [0.15, 0.2) is 24.9 Å². The molecule has 66 valence electrons. The first kappa shape index (κ1) is 10.4. The van der Waals surface area contributed by atoms with E-state index >= 15 is 0 Å². The molecule has 0 aromatic carbocycles. The number of amides is 1. The van der Waals surface area contributed by atoms with Crippen LogP contribution >= 0.6 is 0 Å². The summed E-state index contributed by atoms with van der Waals surface area (Å²) in [6, 6.07) is 0. The van der Waals surface area contributed by atoms with Crippen molar-refractivity contribution >= 4 is 11.9 Å². The van der Waals surface area contributed by atoms with E-state index in [1.807, 2.05) is 0 Å². The summed E-state index contributed by atoms with van der Waals surface area (Å²) in [5, 5.41) is 10.7. The molecular weight excluding hydrogens is 158 g/mol. The second-order valence-electron chi connectivity index (χ2n) is 2.20. The Morgan fingerprint density at radius 3 is 2.58 bits per heavy atom. The lowest BCUT2D eigenvalue weighted by Crippen LogP contribution is -2.14. The summed E-state index contributed by atoms with van der Waals surface area (Å²) in [5.41, 5.74) is 0. The van der Waals surface area contributed by atoms with E-state index in [1.165, 1.54) is 19.2 Å². The van der Waals surface area contributed by atoms with Crippen molar-refractivity contribution in [3.8, 4) is 0 Å². The van der Waals surface area contributed by atoms with Crippen molar-refractivity contribution in [3.05, 3.63) is 24.9 Å². The fraction of sp³-hybridized carbons (Fsp3) is 0.250. The van der Waals surface area contributed by atoms with Crippen LogP contribution in [0.5, 0.6) is 0 Å². The predicted molar refractivity (Wildman–Crippen MR) is 44.3 cm³/mol. The summed E-state index contributed by atoms with van der Waals surface area (Å²) >= 11 is 0. The molecule has 0 fully saturated rings. The van der Waals surface area contributed by atoms with Gasteiger partial charge in [0.1, 0.15) is 0 Å². The lowest BCUT2D eigenvalue weighted by Gasteiger charge is -1.97. The van der Waals surface area contributed by atoms with Gasteiger partial charge in [-0.2, -0.15) is 0 Å². The number of hydrogen-bond acceptors (Lipinski definition) is 2. The zero-order valence-corrected chi connectivity index (χ0v) is 6.78. The van der Waals surface area contributed by atoms with Crippen LogP contribution < -0.4 is 5.32 Å². The van der Waals surface area contributed by atoms with Gasteiger partial charge in [-0.05, 0) is 13.0 Å². The zero-order valence-electron chi connectivity index (χ0n) is 6.78. The molecule has 0 rings (SSSR count). The Kier molecular flexibility index (Phi) is 4.45. The number of carboxylic acid groups (broad SMARTS) is 1. The van der Waals surface area contributed by atoms with Gasteiger partial charge in [0.15, 0.2) is 0 Å². The Bertz CT molecular complexity index is 220. The minimum absolute atomic E-state index is 0.358. The molecule has 2 N–H and O–H groups in total. The van der Waals surface area contributed by atoms with E-state index in [0.29, 0.717) is 0 Å². The average Bonchev–Trinajstić information content (AvgIpc) is 2.03. The topological polar surface area (TPSA) is 66.4 Å². The zero-order chi connectivity index (χ0) is 9.56. The third-order valence-corrected chi connectivity index (χ3v) is 1.19. The summed E-state index contributed by atoms with van der Waals surface area (Å²) in [6.07, 6.45) is 3.78. The minimum Gasteiger partial charge on any atom is -0.481 e. The number of hydrogen-bond donors (Lipinski definition) is 2. The average molecular weight is 169 g/mol. The van der Waals surface area contributed by atoms with Crippen molar-refractivity contribution in [1.82, 2.24) is 5.32 Å².